The monoisotopic (exact) mass is 488 g/mol. The van der Waals surface area contributed by atoms with Crippen LogP contribution in [0.1, 0.15) is 58.3 Å². The molecule has 6 nitrogen and oxygen atoms in total. The number of likely N-dealkylation sites (N-methyl/N-ethyl adjacent to an activating group) is 1. The first kappa shape index (κ1) is 32.3. The number of rotatable bonds is 19. The highest BCUT2D eigenvalue weighted by molar-refractivity contribution is 5.71. The molecule has 0 radical (unpaired) electrons. The zero-order valence-corrected chi connectivity index (χ0v) is 22.0. The van der Waals surface area contributed by atoms with E-state index in [1.807, 2.05) is 57.6 Å². The summed E-state index contributed by atoms with van der Waals surface area (Å²) >= 11 is 0. The molecule has 196 valence electrons. The van der Waals surface area contributed by atoms with Crippen LogP contribution in [0.3, 0.4) is 0 Å². The third-order valence-corrected chi connectivity index (χ3v) is 4.64. The highest BCUT2D eigenvalue weighted by atomic mass is 16.5. The quantitative estimate of drug-likeness (QED) is 0.108. The van der Waals surface area contributed by atoms with Crippen molar-refractivity contribution in [3.63, 3.8) is 0 Å². The van der Waals surface area contributed by atoms with Crippen molar-refractivity contribution < 1.29 is 29.0 Å². The number of carbonyl (C=O) groups excluding carboxylic acids is 1. The molecule has 0 aliphatic heterocycles. The van der Waals surface area contributed by atoms with Gasteiger partial charge in [0, 0.05) is 6.42 Å². The molecule has 0 fully saturated rings. The minimum atomic E-state index is -0.964. The summed E-state index contributed by atoms with van der Waals surface area (Å²) in [5, 5.41) is 18.8. The van der Waals surface area contributed by atoms with Crippen molar-refractivity contribution >= 4 is 11.9 Å². The van der Waals surface area contributed by atoms with Gasteiger partial charge in [-0.3, -0.25) is 9.59 Å². The van der Waals surface area contributed by atoms with E-state index >= 15 is 0 Å². The molecule has 0 heterocycles. The van der Waals surface area contributed by atoms with E-state index in [4.69, 9.17) is 9.84 Å². The van der Waals surface area contributed by atoms with Crippen molar-refractivity contribution in [2.24, 2.45) is 0 Å². The number of carboxylic acid groups (broad SMARTS) is 1. The molecule has 0 saturated carbocycles. The maximum Gasteiger partial charge on any atom is 0.307 e. The van der Waals surface area contributed by atoms with Gasteiger partial charge in [0.05, 0.1) is 33.7 Å². The number of carbonyl (C=O) groups is 2. The SMILES string of the molecule is CC/C=C/CC(O)/C=C/C=C/C/C=C/C/C=C/C/C=C/CCC(=O)OC(CC(=O)O)C[N+](C)(C)C. The second-order valence-corrected chi connectivity index (χ2v) is 9.34. The predicted molar refractivity (Wildman–Crippen MR) is 144 cm³/mol. The summed E-state index contributed by atoms with van der Waals surface area (Å²) in [4.78, 5) is 23.0. The van der Waals surface area contributed by atoms with Crippen LogP contribution in [0.5, 0.6) is 0 Å². The molecule has 0 aliphatic carbocycles. The lowest BCUT2D eigenvalue weighted by Crippen LogP contribution is -2.43. The average Bonchev–Trinajstić information content (AvgIpc) is 2.74. The smallest absolute Gasteiger partial charge is 0.307 e. The van der Waals surface area contributed by atoms with Crippen LogP contribution in [0.25, 0.3) is 0 Å². The summed E-state index contributed by atoms with van der Waals surface area (Å²) < 4.78 is 5.90. The Kier molecular flexibility index (Phi) is 19.1. The number of aliphatic carboxylic acids is 1. The zero-order valence-electron chi connectivity index (χ0n) is 22.0. The highest BCUT2D eigenvalue weighted by Gasteiger charge is 2.24. The Bertz CT molecular complexity index is 754. The number of aliphatic hydroxyl groups is 1. The Balaban J connectivity index is 3.98. The molecule has 0 aliphatic rings. The van der Waals surface area contributed by atoms with Crippen molar-refractivity contribution in [1.82, 2.24) is 0 Å². The van der Waals surface area contributed by atoms with Gasteiger partial charge in [0.2, 0.25) is 0 Å². The van der Waals surface area contributed by atoms with Crippen LogP contribution in [0.15, 0.2) is 72.9 Å². The van der Waals surface area contributed by atoms with Gasteiger partial charge in [-0.15, -0.1) is 0 Å². The van der Waals surface area contributed by atoms with E-state index in [-0.39, 0.29) is 18.8 Å². The van der Waals surface area contributed by atoms with Gasteiger partial charge in [-0.1, -0.05) is 79.8 Å². The maximum absolute atomic E-state index is 12.0. The number of quaternary nitrogens is 1. The Labute approximate surface area is 212 Å². The molecular formula is C29H46NO5+. The van der Waals surface area contributed by atoms with Crippen LogP contribution in [0, 0.1) is 0 Å². The van der Waals surface area contributed by atoms with E-state index in [9.17, 15) is 14.7 Å². The van der Waals surface area contributed by atoms with Crippen molar-refractivity contribution in [2.75, 3.05) is 27.7 Å². The third-order valence-electron chi connectivity index (χ3n) is 4.64. The van der Waals surface area contributed by atoms with Gasteiger partial charge in [0.25, 0.3) is 0 Å². The van der Waals surface area contributed by atoms with E-state index in [2.05, 4.69) is 37.3 Å². The van der Waals surface area contributed by atoms with E-state index < -0.39 is 18.2 Å². The summed E-state index contributed by atoms with van der Waals surface area (Å²) in [6, 6.07) is 0. The number of aliphatic hydroxyl groups excluding tert-OH is 1. The molecule has 2 N–H and O–H groups in total. The van der Waals surface area contributed by atoms with Crippen LogP contribution < -0.4 is 0 Å². The number of ether oxygens (including phenoxy) is 1. The van der Waals surface area contributed by atoms with Crippen LogP contribution in [-0.2, 0) is 14.3 Å². The minimum absolute atomic E-state index is 0.176. The van der Waals surface area contributed by atoms with Gasteiger partial charge in [-0.05, 0) is 38.5 Å². The first-order valence-electron chi connectivity index (χ1n) is 12.5. The number of allylic oxidation sites excluding steroid dienone is 10. The number of esters is 1. The normalized spacial score (nSPS) is 14.9. The molecule has 2 atom stereocenters. The van der Waals surface area contributed by atoms with Crippen LogP contribution in [-0.4, -0.2) is 66.5 Å². The third kappa shape index (κ3) is 24.2. The maximum atomic E-state index is 12.0. The number of hydrogen-bond donors (Lipinski definition) is 2. The zero-order chi connectivity index (χ0) is 26.4. The van der Waals surface area contributed by atoms with Gasteiger partial charge < -0.3 is 19.4 Å². The van der Waals surface area contributed by atoms with Crippen LogP contribution in [0.4, 0.5) is 0 Å². The molecule has 6 heteroatoms. The van der Waals surface area contributed by atoms with E-state index in [1.54, 1.807) is 6.08 Å². The number of carboxylic acids is 1. The Morgan fingerprint density at radius 3 is 2.03 bits per heavy atom. The summed E-state index contributed by atoms with van der Waals surface area (Å²) in [6.45, 7) is 2.53. The van der Waals surface area contributed by atoms with Crippen molar-refractivity contribution in [3.8, 4) is 0 Å². The first-order chi connectivity index (χ1) is 16.6. The fraction of sp³-hybridized carbons (Fsp3) is 0.517. The lowest BCUT2D eigenvalue weighted by atomic mass is 10.2. The second-order valence-electron chi connectivity index (χ2n) is 9.34. The first-order valence-corrected chi connectivity index (χ1v) is 12.5. The van der Waals surface area contributed by atoms with Gasteiger partial charge in [0.1, 0.15) is 6.54 Å². The minimum Gasteiger partial charge on any atom is -0.481 e. The molecule has 0 rings (SSSR count). The second kappa shape index (κ2) is 20.7. The standard InChI is InChI=1S/C29H45NO5/c1-5-6-18-21-26(31)22-19-16-14-12-10-8-7-9-11-13-15-17-20-23-29(34)35-27(24-28(32)33)25-30(2,3)4/h6,8-11,14-19,22,26-27,31H,5,7,12-13,20-21,23-25H2,1-4H3/p+1/b10-8+,11-9+,16-14+,17-15+,18-6+,22-19+. The van der Waals surface area contributed by atoms with Crippen molar-refractivity contribution in [1.29, 1.82) is 0 Å². The Hall–Kier alpha value is -2.70. The van der Waals surface area contributed by atoms with Crippen molar-refractivity contribution in [3.05, 3.63) is 72.9 Å². The largest absolute Gasteiger partial charge is 0.481 e. The van der Waals surface area contributed by atoms with Gasteiger partial charge in [0.15, 0.2) is 6.10 Å². The summed E-state index contributed by atoms with van der Waals surface area (Å²) in [5.74, 6) is -1.33. The highest BCUT2D eigenvalue weighted by Crippen LogP contribution is 2.08. The molecule has 2 unspecified atom stereocenters. The number of hydrogen-bond acceptors (Lipinski definition) is 4. The molecule has 0 spiro atoms. The Morgan fingerprint density at radius 1 is 0.857 bits per heavy atom. The Morgan fingerprint density at radius 2 is 1.46 bits per heavy atom. The van der Waals surface area contributed by atoms with Crippen molar-refractivity contribution in [2.45, 2.75) is 70.5 Å². The van der Waals surface area contributed by atoms with Gasteiger partial charge in [-0.25, -0.2) is 0 Å². The van der Waals surface area contributed by atoms with Crippen LogP contribution >= 0.6 is 0 Å². The van der Waals surface area contributed by atoms with Gasteiger partial charge in [-0.2, -0.15) is 0 Å². The molecule has 0 aromatic rings. The molecule has 0 aromatic carbocycles. The van der Waals surface area contributed by atoms with E-state index in [0.717, 1.165) is 25.7 Å². The average molecular weight is 489 g/mol. The van der Waals surface area contributed by atoms with Crippen LogP contribution in [0.2, 0.25) is 0 Å². The summed E-state index contributed by atoms with van der Waals surface area (Å²) in [7, 11) is 5.81. The number of nitrogens with zero attached hydrogens (tertiary/aromatic N) is 1. The van der Waals surface area contributed by atoms with E-state index in [0.29, 0.717) is 23.9 Å². The molecule has 0 amide bonds. The molecule has 0 aromatic heterocycles. The lowest BCUT2D eigenvalue weighted by molar-refractivity contribution is -0.873. The summed E-state index contributed by atoms with van der Waals surface area (Å²) in [6.07, 6.45) is 27.8. The molecule has 0 saturated heterocycles. The van der Waals surface area contributed by atoms with Gasteiger partial charge >= 0.3 is 11.9 Å². The topological polar surface area (TPSA) is 83.8 Å². The summed E-state index contributed by atoms with van der Waals surface area (Å²) in [5.41, 5.74) is 0. The molecular weight excluding hydrogens is 442 g/mol. The molecule has 0 bridgehead atoms. The lowest BCUT2D eigenvalue weighted by Gasteiger charge is -2.28. The molecule has 35 heavy (non-hydrogen) atoms. The predicted octanol–water partition coefficient (Wildman–Crippen LogP) is 5.53. The fourth-order valence-electron chi connectivity index (χ4n) is 3.06. The fourth-order valence-corrected chi connectivity index (χ4v) is 3.06. The van der Waals surface area contributed by atoms with E-state index in [1.165, 1.54) is 0 Å².